The number of Topliss-reactive ketones (excluding diaryl/α,β-unsaturated/α-hetero) is 1. The summed E-state index contributed by atoms with van der Waals surface area (Å²) in [5.41, 5.74) is 2.07. The van der Waals surface area contributed by atoms with Crippen molar-refractivity contribution in [3.8, 4) is 5.75 Å². The van der Waals surface area contributed by atoms with E-state index in [0.29, 0.717) is 6.42 Å². The van der Waals surface area contributed by atoms with E-state index in [4.69, 9.17) is 4.74 Å². The Bertz CT molecular complexity index is 515. The summed E-state index contributed by atoms with van der Waals surface area (Å²) in [6, 6.07) is 9.57. The number of hydrogen-bond donors (Lipinski definition) is 0. The number of ketones is 1. The fourth-order valence-corrected chi connectivity index (χ4v) is 2.43. The van der Waals surface area contributed by atoms with Crippen LogP contribution < -0.4 is 4.74 Å². The van der Waals surface area contributed by atoms with Crippen LogP contribution in [0.15, 0.2) is 35.7 Å². The fourth-order valence-electron chi connectivity index (χ4n) is 1.77. The zero-order valence-corrected chi connectivity index (χ0v) is 10.7. The van der Waals surface area contributed by atoms with Gasteiger partial charge in [0.2, 0.25) is 0 Å². The molecule has 0 aliphatic rings. The molecule has 2 aromatic rings. The van der Waals surface area contributed by atoms with Gasteiger partial charge < -0.3 is 4.74 Å². The first-order chi connectivity index (χ1) is 8.22. The van der Waals surface area contributed by atoms with Crippen LogP contribution in [0.1, 0.15) is 20.8 Å². The van der Waals surface area contributed by atoms with Gasteiger partial charge in [0.05, 0.1) is 12.0 Å². The molecule has 0 saturated heterocycles. The smallest absolute Gasteiger partial charge is 0.177 e. The molecule has 0 bridgehead atoms. The molecule has 0 saturated carbocycles. The molecule has 3 heteroatoms. The number of carbonyl (C=O) groups is 1. The van der Waals surface area contributed by atoms with Gasteiger partial charge in [-0.15, -0.1) is 11.3 Å². The number of ether oxygens (including phenoxy) is 1. The SMILES string of the molecule is COc1cccc(CC(=O)c2cccs2)c1C. The summed E-state index contributed by atoms with van der Waals surface area (Å²) in [5.74, 6) is 0.998. The highest BCUT2D eigenvalue weighted by Gasteiger charge is 2.11. The van der Waals surface area contributed by atoms with Gasteiger partial charge in [0.15, 0.2) is 5.78 Å². The van der Waals surface area contributed by atoms with Gasteiger partial charge in [-0.3, -0.25) is 4.79 Å². The highest BCUT2D eigenvalue weighted by atomic mass is 32.1. The second kappa shape index (κ2) is 5.15. The summed E-state index contributed by atoms with van der Waals surface area (Å²) in [6.07, 6.45) is 0.434. The number of rotatable bonds is 4. The van der Waals surface area contributed by atoms with Gasteiger partial charge in [-0.2, -0.15) is 0 Å². The third kappa shape index (κ3) is 2.56. The lowest BCUT2D eigenvalue weighted by atomic mass is 10.0. The largest absolute Gasteiger partial charge is 0.496 e. The van der Waals surface area contributed by atoms with Gasteiger partial charge >= 0.3 is 0 Å². The molecule has 0 N–H and O–H groups in total. The predicted molar refractivity (Wildman–Crippen MR) is 70.1 cm³/mol. The summed E-state index contributed by atoms with van der Waals surface area (Å²) >= 11 is 1.49. The van der Waals surface area contributed by atoms with E-state index in [1.807, 2.05) is 42.6 Å². The quantitative estimate of drug-likeness (QED) is 0.772. The Kier molecular flexibility index (Phi) is 3.59. The predicted octanol–water partition coefficient (Wildman–Crippen LogP) is 3.49. The van der Waals surface area contributed by atoms with Crippen molar-refractivity contribution in [1.29, 1.82) is 0 Å². The van der Waals surface area contributed by atoms with Crippen LogP contribution in [0.25, 0.3) is 0 Å². The van der Waals surface area contributed by atoms with E-state index in [9.17, 15) is 4.79 Å². The van der Waals surface area contributed by atoms with Gasteiger partial charge in [0, 0.05) is 6.42 Å². The molecule has 17 heavy (non-hydrogen) atoms. The van der Waals surface area contributed by atoms with Crippen LogP contribution >= 0.6 is 11.3 Å². The molecule has 0 unspecified atom stereocenters. The Morgan fingerprint density at radius 1 is 1.29 bits per heavy atom. The average Bonchev–Trinajstić information content (AvgIpc) is 2.85. The van der Waals surface area contributed by atoms with Gasteiger partial charge in [-0.1, -0.05) is 18.2 Å². The van der Waals surface area contributed by atoms with Gasteiger partial charge in [0.1, 0.15) is 5.75 Å². The maximum atomic E-state index is 12.0. The molecular weight excluding hydrogens is 232 g/mol. The molecule has 0 spiro atoms. The Morgan fingerprint density at radius 2 is 2.12 bits per heavy atom. The third-order valence-corrected chi connectivity index (χ3v) is 3.67. The van der Waals surface area contributed by atoms with E-state index in [1.165, 1.54) is 11.3 Å². The molecule has 1 aromatic heterocycles. The molecule has 1 aromatic carbocycles. The van der Waals surface area contributed by atoms with E-state index in [-0.39, 0.29) is 5.78 Å². The molecule has 0 radical (unpaired) electrons. The fraction of sp³-hybridized carbons (Fsp3) is 0.214. The van der Waals surface area contributed by atoms with E-state index in [0.717, 1.165) is 21.8 Å². The summed E-state index contributed by atoms with van der Waals surface area (Å²) in [7, 11) is 1.65. The highest BCUT2D eigenvalue weighted by molar-refractivity contribution is 7.12. The number of methoxy groups -OCH3 is 1. The maximum absolute atomic E-state index is 12.0. The van der Waals surface area contributed by atoms with E-state index in [2.05, 4.69) is 0 Å². The van der Waals surface area contributed by atoms with Gasteiger partial charge in [-0.05, 0) is 35.6 Å². The molecule has 2 nitrogen and oxygen atoms in total. The van der Waals surface area contributed by atoms with Crippen LogP contribution in [-0.4, -0.2) is 12.9 Å². The molecule has 0 fully saturated rings. The first-order valence-electron chi connectivity index (χ1n) is 5.41. The third-order valence-electron chi connectivity index (χ3n) is 2.76. The Labute approximate surface area is 105 Å². The van der Waals surface area contributed by atoms with Crippen LogP contribution in [0.5, 0.6) is 5.75 Å². The molecule has 0 aliphatic carbocycles. The molecule has 1 heterocycles. The lowest BCUT2D eigenvalue weighted by molar-refractivity contribution is 0.0996. The lowest BCUT2D eigenvalue weighted by Crippen LogP contribution is -2.03. The summed E-state index contributed by atoms with van der Waals surface area (Å²) in [6.45, 7) is 1.98. The van der Waals surface area contributed by atoms with Crippen LogP contribution in [0, 0.1) is 6.92 Å². The monoisotopic (exact) mass is 246 g/mol. The van der Waals surface area contributed by atoms with Crippen LogP contribution in [0.2, 0.25) is 0 Å². The topological polar surface area (TPSA) is 26.3 Å². The minimum Gasteiger partial charge on any atom is -0.496 e. The molecule has 0 aliphatic heterocycles. The highest BCUT2D eigenvalue weighted by Crippen LogP contribution is 2.22. The second-order valence-electron chi connectivity index (χ2n) is 3.82. The van der Waals surface area contributed by atoms with E-state index < -0.39 is 0 Å². The molecule has 0 atom stereocenters. The van der Waals surface area contributed by atoms with Crippen LogP contribution in [0.3, 0.4) is 0 Å². The lowest BCUT2D eigenvalue weighted by Gasteiger charge is -2.09. The van der Waals surface area contributed by atoms with E-state index in [1.54, 1.807) is 7.11 Å². The van der Waals surface area contributed by atoms with Crippen molar-refractivity contribution < 1.29 is 9.53 Å². The maximum Gasteiger partial charge on any atom is 0.177 e. The number of benzene rings is 1. The van der Waals surface area contributed by atoms with Crippen molar-refractivity contribution in [3.05, 3.63) is 51.7 Å². The molecule has 88 valence electrons. The number of carbonyl (C=O) groups excluding carboxylic acids is 1. The zero-order chi connectivity index (χ0) is 12.3. The zero-order valence-electron chi connectivity index (χ0n) is 9.90. The van der Waals surface area contributed by atoms with Crippen LogP contribution in [-0.2, 0) is 6.42 Å². The van der Waals surface area contributed by atoms with Crippen molar-refractivity contribution in [2.45, 2.75) is 13.3 Å². The Balaban J connectivity index is 2.22. The van der Waals surface area contributed by atoms with Crippen molar-refractivity contribution in [2.24, 2.45) is 0 Å². The number of thiophene rings is 1. The second-order valence-corrected chi connectivity index (χ2v) is 4.77. The molecule has 0 amide bonds. The van der Waals surface area contributed by atoms with Gasteiger partial charge in [-0.25, -0.2) is 0 Å². The first-order valence-corrected chi connectivity index (χ1v) is 6.29. The summed E-state index contributed by atoms with van der Waals surface area (Å²) in [4.78, 5) is 12.8. The van der Waals surface area contributed by atoms with Crippen molar-refractivity contribution in [3.63, 3.8) is 0 Å². The average molecular weight is 246 g/mol. The Morgan fingerprint density at radius 3 is 2.76 bits per heavy atom. The number of hydrogen-bond acceptors (Lipinski definition) is 3. The van der Waals surface area contributed by atoms with Crippen molar-refractivity contribution in [1.82, 2.24) is 0 Å². The summed E-state index contributed by atoms with van der Waals surface area (Å²) < 4.78 is 5.25. The normalized spacial score (nSPS) is 10.2. The van der Waals surface area contributed by atoms with E-state index >= 15 is 0 Å². The van der Waals surface area contributed by atoms with Crippen LogP contribution in [0.4, 0.5) is 0 Å². The molecule has 2 rings (SSSR count). The summed E-state index contributed by atoms with van der Waals surface area (Å²) in [5, 5.41) is 1.92. The molecular formula is C14H14O2S. The Hall–Kier alpha value is -1.61. The van der Waals surface area contributed by atoms with Crippen molar-refractivity contribution >= 4 is 17.1 Å². The first kappa shape index (κ1) is 11.9. The minimum absolute atomic E-state index is 0.163. The van der Waals surface area contributed by atoms with Gasteiger partial charge in [0.25, 0.3) is 0 Å². The minimum atomic E-state index is 0.163. The van der Waals surface area contributed by atoms with Crippen molar-refractivity contribution in [2.75, 3.05) is 7.11 Å². The standard InChI is InChI=1S/C14H14O2S/c1-10-11(5-3-6-13(10)16-2)9-12(15)14-7-4-8-17-14/h3-8H,9H2,1-2H3.